The lowest BCUT2D eigenvalue weighted by molar-refractivity contribution is 0.0602. The van der Waals surface area contributed by atoms with Crippen molar-refractivity contribution < 1.29 is 4.79 Å². The number of likely N-dealkylation sites (tertiary alicyclic amines) is 1. The Morgan fingerprint density at radius 3 is 2.63 bits per heavy atom. The number of H-pyrrole nitrogens is 1. The fraction of sp³-hybridized carbons (Fsp3) is 0.692. The van der Waals surface area contributed by atoms with E-state index in [9.17, 15) is 4.79 Å². The highest BCUT2D eigenvalue weighted by atomic mass is 35.5. The number of halogens is 1. The fourth-order valence-electron chi connectivity index (χ4n) is 3.10. The minimum Gasteiger partial charge on any atom is -0.337 e. The molecule has 0 aromatic carbocycles. The number of aryl methyl sites for hydroxylation is 1. The number of aromatic amines is 1. The summed E-state index contributed by atoms with van der Waals surface area (Å²) in [5, 5.41) is 10.3. The van der Waals surface area contributed by atoms with Gasteiger partial charge in [-0.05, 0) is 44.2 Å². The molecule has 0 unspecified atom stereocenters. The Morgan fingerprint density at radius 2 is 2.11 bits per heavy atom. The third-order valence-electron chi connectivity index (χ3n) is 4.37. The van der Waals surface area contributed by atoms with Gasteiger partial charge in [0.05, 0.1) is 0 Å². The molecule has 5 nitrogen and oxygen atoms in total. The average Bonchev–Trinajstić information content (AvgIpc) is 3.00. The van der Waals surface area contributed by atoms with E-state index in [-0.39, 0.29) is 18.3 Å². The van der Waals surface area contributed by atoms with E-state index in [0.717, 1.165) is 44.7 Å². The van der Waals surface area contributed by atoms with Crippen LogP contribution in [0.3, 0.4) is 0 Å². The molecule has 2 saturated heterocycles. The summed E-state index contributed by atoms with van der Waals surface area (Å²) < 4.78 is 0. The van der Waals surface area contributed by atoms with Crippen LogP contribution in [0, 0.1) is 12.3 Å². The quantitative estimate of drug-likeness (QED) is 0.818. The van der Waals surface area contributed by atoms with Crippen molar-refractivity contribution in [3.05, 3.63) is 17.5 Å². The zero-order valence-corrected chi connectivity index (χ0v) is 12.1. The molecular weight excluding hydrogens is 264 g/mol. The molecule has 2 aliphatic heterocycles. The van der Waals surface area contributed by atoms with E-state index in [0.29, 0.717) is 11.1 Å². The summed E-state index contributed by atoms with van der Waals surface area (Å²) in [5.41, 5.74) is 1.94. The van der Waals surface area contributed by atoms with Crippen LogP contribution in [-0.2, 0) is 0 Å². The van der Waals surface area contributed by atoms with Crippen molar-refractivity contribution in [2.24, 2.45) is 5.41 Å². The first kappa shape index (κ1) is 14.3. The number of piperidine rings is 1. The largest absolute Gasteiger partial charge is 0.337 e. The molecule has 3 rings (SSSR count). The first-order chi connectivity index (χ1) is 8.69. The Kier molecular flexibility index (Phi) is 4.16. The van der Waals surface area contributed by atoms with Crippen LogP contribution in [-0.4, -0.2) is 47.2 Å². The SMILES string of the molecule is Cc1cc(C(=O)N2CCC3(CCNC3)CC2)n[nH]1.Cl. The second-order valence-electron chi connectivity index (χ2n) is 5.66. The second-order valence-corrected chi connectivity index (χ2v) is 5.66. The van der Waals surface area contributed by atoms with Gasteiger partial charge in [-0.2, -0.15) is 5.10 Å². The Bertz CT molecular complexity index is 443. The van der Waals surface area contributed by atoms with Crippen molar-refractivity contribution in [1.29, 1.82) is 0 Å². The monoisotopic (exact) mass is 284 g/mol. The van der Waals surface area contributed by atoms with Crippen LogP contribution in [0.25, 0.3) is 0 Å². The fourth-order valence-corrected chi connectivity index (χ4v) is 3.10. The summed E-state index contributed by atoms with van der Waals surface area (Å²) >= 11 is 0. The van der Waals surface area contributed by atoms with Crippen LogP contribution in [0.2, 0.25) is 0 Å². The predicted octanol–water partition coefficient (Wildman–Crippen LogP) is 1.36. The molecule has 1 aromatic heterocycles. The predicted molar refractivity (Wildman–Crippen MR) is 75.6 cm³/mol. The van der Waals surface area contributed by atoms with Crippen LogP contribution >= 0.6 is 12.4 Å². The van der Waals surface area contributed by atoms with E-state index in [4.69, 9.17) is 0 Å². The van der Waals surface area contributed by atoms with E-state index in [1.54, 1.807) is 0 Å². The Morgan fingerprint density at radius 1 is 1.37 bits per heavy atom. The molecule has 1 aromatic rings. The molecule has 1 spiro atoms. The zero-order chi connectivity index (χ0) is 12.6. The van der Waals surface area contributed by atoms with Crippen molar-refractivity contribution in [2.45, 2.75) is 26.2 Å². The van der Waals surface area contributed by atoms with Gasteiger partial charge in [0.25, 0.3) is 5.91 Å². The molecule has 0 saturated carbocycles. The maximum atomic E-state index is 12.2. The zero-order valence-electron chi connectivity index (χ0n) is 11.2. The van der Waals surface area contributed by atoms with Crippen LogP contribution in [0.4, 0.5) is 0 Å². The molecule has 0 bridgehead atoms. The molecular formula is C13H21ClN4O. The summed E-state index contributed by atoms with van der Waals surface area (Å²) in [4.78, 5) is 14.2. The first-order valence-electron chi connectivity index (χ1n) is 6.71. The molecule has 1 amide bonds. The van der Waals surface area contributed by atoms with Crippen LogP contribution in [0.5, 0.6) is 0 Å². The van der Waals surface area contributed by atoms with Crippen LogP contribution in [0.15, 0.2) is 6.07 Å². The van der Waals surface area contributed by atoms with Crippen molar-refractivity contribution in [3.63, 3.8) is 0 Å². The van der Waals surface area contributed by atoms with Gasteiger partial charge in [-0.3, -0.25) is 9.89 Å². The van der Waals surface area contributed by atoms with Gasteiger partial charge < -0.3 is 10.2 Å². The van der Waals surface area contributed by atoms with E-state index in [2.05, 4.69) is 15.5 Å². The van der Waals surface area contributed by atoms with Gasteiger partial charge in [0.1, 0.15) is 5.69 Å². The van der Waals surface area contributed by atoms with Gasteiger partial charge in [-0.25, -0.2) is 0 Å². The topological polar surface area (TPSA) is 61.0 Å². The highest BCUT2D eigenvalue weighted by Crippen LogP contribution is 2.37. The molecule has 0 atom stereocenters. The summed E-state index contributed by atoms with van der Waals surface area (Å²) in [6.45, 7) is 5.90. The number of aromatic nitrogens is 2. The standard InChI is InChI=1S/C13H20N4O.ClH/c1-10-8-11(16-15-10)12(18)17-6-3-13(4-7-17)2-5-14-9-13;/h8,14H,2-7,9H2,1H3,(H,15,16);1H. The summed E-state index contributed by atoms with van der Waals surface area (Å²) in [6, 6.07) is 1.82. The van der Waals surface area contributed by atoms with Crippen molar-refractivity contribution >= 4 is 18.3 Å². The van der Waals surface area contributed by atoms with Crippen molar-refractivity contribution in [2.75, 3.05) is 26.2 Å². The smallest absolute Gasteiger partial charge is 0.274 e. The first-order valence-corrected chi connectivity index (χ1v) is 6.71. The summed E-state index contributed by atoms with van der Waals surface area (Å²) in [5.74, 6) is 0.0696. The number of carbonyl (C=O) groups excluding carboxylic acids is 1. The number of hydrogen-bond donors (Lipinski definition) is 2. The van der Waals surface area contributed by atoms with Crippen molar-refractivity contribution in [3.8, 4) is 0 Å². The van der Waals surface area contributed by atoms with E-state index < -0.39 is 0 Å². The lowest BCUT2D eigenvalue weighted by Crippen LogP contribution is -2.44. The number of hydrogen-bond acceptors (Lipinski definition) is 3. The van der Waals surface area contributed by atoms with Crippen molar-refractivity contribution in [1.82, 2.24) is 20.4 Å². The molecule has 106 valence electrons. The van der Waals surface area contributed by atoms with Crippen LogP contribution < -0.4 is 5.32 Å². The molecule has 0 aliphatic carbocycles. The van der Waals surface area contributed by atoms with Gasteiger partial charge in [0.15, 0.2) is 0 Å². The molecule has 2 aliphatic rings. The minimum absolute atomic E-state index is 0. The molecule has 0 radical (unpaired) electrons. The lowest BCUT2D eigenvalue weighted by Gasteiger charge is -2.38. The summed E-state index contributed by atoms with van der Waals surface area (Å²) in [7, 11) is 0. The van der Waals surface area contributed by atoms with Gasteiger partial charge in [-0.1, -0.05) is 0 Å². The Labute approximate surface area is 119 Å². The van der Waals surface area contributed by atoms with E-state index in [1.807, 2.05) is 17.9 Å². The number of carbonyl (C=O) groups is 1. The average molecular weight is 285 g/mol. The lowest BCUT2D eigenvalue weighted by atomic mass is 9.78. The Balaban J connectivity index is 0.00000133. The molecule has 19 heavy (non-hydrogen) atoms. The molecule has 2 fully saturated rings. The molecule has 3 heterocycles. The number of amides is 1. The maximum Gasteiger partial charge on any atom is 0.274 e. The number of rotatable bonds is 1. The van der Waals surface area contributed by atoms with E-state index >= 15 is 0 Å². The van der Waals surface area contributed by atoms with Gasteiger partial charge in [-0.15, -0.1) is 12.4 Å². The van der Waals surface area contributed by atoms with Gasteiger partial charge in [0, 0.05) is 25.3 Å². The van der Waals surface area contributed by atoms with E-state index in [1.165, 1.54) is 6.42 Å². The molecule has 6 heteroatoms. The highest BCUT2D eigenvalue weighted by molar-refractivity contribution is 5.92. The second kappa shape index (κ2) is 5.51. The number of nitrogens with zero attached hydrogens (tertiary/aromatic N) is 2. The summed E-state index contributed by atoms with van der Waals surface area (Å²) in [6.07, 6.45) is 3.50. The van der Waals surface area contributed by atoms with Gasteiger partial charge in [0.2, 0.25) is 0 Å². The third-order valence-corrected chi connectivity index (χ3v) is 4.37. The Hall–Kier alpha value is -1.07. The normalized spacial score (nSPS) is 21.4. The molecule has 2 N–H and O–H groups in total. The highest BCUT2D eigenvalue weighted by Gasteiger charge is 2.38. The third kappa shape index (κ3) is 2.77. The number of nitrogens with one attached hydrogen (secondary N) is 2. The van der Waals surface area contributed by atoms with Crippen LogP contribution in [0.1, 0.15) is 35.4 Å². The minimum atomic E-state index is 0. The maximum absolute atomic E-state index is 12.2. The van der Waals surface area contributed by atoms with Gasteiger partial charge >= 0.3 is 0 Å².